The Kier molecular flexibility index (Phi) is 108. The monoisotopic (exact) mass is 1250 g/mol. The van der Waals surface area contributed by atoms with E-state index in [0.29, 0.717) is 0 Å². The van der Waals surface area contributed by atoms with Crippen molar-refractivity contribution in [1.29, 1.82) is 0 Å². The molecule has 0 atom stereocenters. The topological polar surface area (TPSA) is 0 Å². The van der Waals surface area contributed by atoms with Crippen LogP contribution in [0.2, 0.25) is 0 Å². The number of quaternary nitrogens is 5. The van der Waals surface area contributed by atoms with Crippen molar-refractivity contribution in [3.63, 3.8) is 0 Å². The van der Waals surface area contributed by atoms with Gasteiger partial charge in [0, 0.05) is 0 Å². The molecule has 0 rings (SSSR count). The molecule has 0 unspecified atom stereocenters. The molecule has 486 valence electrons. The predicted molar refractivity (Wildman–Crippen MR) is 342 cm³/mol. The number of hydrogen-bond acceptors (Lipinski definition) is 0. The molecule has 0 heterocycles. The molecule has 12 heteroatoms. The van der Waals surface area contributed by atoms with Gasteiger partial charge >= 0.3 is 0 Å². The SMILES string of the molecule is CCCC[N+](C)(CCCC)CCCC.CCCC[N+](C)(CCCC)CCCC.CCCC[N+](C)(CCCC)CCCC.CCCC[N+](C)(CCCC)CCCC.CCCC[N+](C)(CCCC)CCCC.Cl.Cl.[Cl-].[Cl-].[Cl-].[Cl-].[Cl-]. The Morgan fingerprint density at radius 3 is 0.234 bits per heavy atom. The van der Waals surface area contributed by atoms with Crippen molar-refractivity contribution in [2.24, 2.45) is 0 Å². The zero-order valence-electron chi connectivity index (χ0n) is 56.8. The maximum absolute atomic E-state index is 2.45. The molecule has 0 saturated heterocycles. The maximum atomic E-state index is 2.45. The highest BCUT2D eigenvalue weighted by atomic mass is 35.5. The summed E-state index contributed by atoms with van der Waals surface area (Å²) >= 11 is 0. The van der Waals surface area contributed by atoms with Gasteiger partial charge in [0.25, 0.3) is 0 Å². The third-order valence-corrected chi connectivity index (χ3v) is 15.8. The number of unbranched alkanes of at least 4 members (excludes halogenated alkanes) is 15. The van der Waals surface area contributed by atoms with Gasteiger partial charge in [0.15, 0.2) is 0 Å². The summed E-state index contributed by atoms with van der Waals surface area (Å²) in [4.78, 5) is 0. The van der Waals surface area contributed by atoms with Crippen LogP contribution in [0, 0.1) is 0 Å². The van der Waals surface area contributed by atoms with Gasteiger partial charge in [-0.3, -0.25) is 0 Å². The van der Waals surface area contributed by atoms with E-state index in [0.717, 1.165) is 0 Å². The van der Waals surface area contributed by atoms with E-state index in [2.05, 4.69) is 139 Å². The first-order chi connectivity index (χ1) is 33.4. The van der Waals surface area contributed by atoms with Crippen LogP contribution in [0.3, 0.4) is 0 Å². The molecule has 0 radical (unpaired) electrons. The summed E-state index contributed by atoms with van der Waals surface area (Å²) in [5.41, 5.74) is 0. The third-order valence-electron chi connectivity index (χ3n) is 15.8. The van der Waals surface area contributed by atoms with Crippen molar-refractivity contribution >= 4 is 24.8 Å². The Bertz CT molecular complexity index is 701. The molecule has 0 saturated carbocycles. The lowest BCUT2D eigenvalue weighted by Gasteiger charge is -2.34. The summed E-state index contributed by atoms with van der Waals surface area (Å²) < 4.78 is 6.57. The molecular formula is C65H152Cl7N5. The van der Waals surface area contributed by atoms with Crippen LogP contribution in [0.5, 0.6) is 0 Å². The van der Waals surface area contributed by atoms with Gasteiger partial charge in [-0.05, 0) is 96.3 Å². The highest BCUT2D eigenvalue weighted by Crippen LogP contribution is 2.15. The van der Waals surface area contributed by atoms with Crippen molar-refractivity contribution in [2.45, 2.75) is 296 Å². The van der Waals surface area contributed by atoms with Crippen LogP contribution in [0.1, 0.15) is 296 Å². The second-order valence-electron chi connectivity index (χ2n) is 24.3. The van der Waals surface area contributed by atoms with Crippen molar-refractivity contribution in [2.75, 3.05) is 133 Å². The molecule has 0 aromatic rings. The summed E-state index contributed by atoms with van der Waals surface area (Å²) in [7, 11) is 12.2. The van der Waals surface area contributed by atoms with Crippen LogP contribution in [0.15, 0.2) is 0 Å². The van der Waals surface area contributed by atoms with E-state index < -0.39 is 0 Å². The summed E-state index contributed by atoms with van der Waals surface area (Å²) in [5.74, 6) is 0. The minimum absolute atomic E-state index is 0. The Balaban J connectivity index is -0.0000000671. The van der Waals surface area contributed by atoms with Crippen LogP contribution in [0.25, 0.3) is 0 Å². The fourth-order valence-corrected chi connectivity index (χ4v) is 9.77. The second-order valence-corrected chi connectivity index (χ2v) is 24.3. The average molecular weight is 1250 g/mol. The fraction of sp³-hybridized carbons (Fsp3) is 1.00. The lowest BCUT2D eigenvalue weighted by Crippen LogP contribution is -3.00. The Hall–Kier alpha value is 1.83. The molecular weight excluding hydrogens is 1100 g/mol. The van der Waals surface area contributed by atoms with E-state index in [1.807, 2.05) is 0 Å². The summed E-state index contributed by atoms with van der Waals surface area (Å²) in [6, 6.07) is 0. The van der Waals surface area contributed by atoms with Crippen LogP contribution >= 0.6 is 24.8 Å². The van der Waals surface area contributed by atoms with Crippen molar-refractivity contribution in [1.82, 2.24) is 0 Å². The Labute approximate surface area is 535 Å². The van der Waals surface area contributed by atoms with Crippen LogP contribution < -0.4 is 62.0 Å². The molecule has 5 nitrogen and oxygen atoms in total. The first kappa shape index (κ1) is 107. The van der Waals surface area contributed by atoms with E-state index in [1.165, 1.54) is 313 Å². The molecule has 0 aromatic heterocycles. The maximum Gasteiger partial charge on any atom is 0.0784 e. The third kappa shape index (κ3) is 75.8. The average Bonchev–Trinajstić information content (AvgIpc) is 3.37. The first-order valence-electron chi connectivity index (χ1n) is 32.6. The standard InChI is InChI=1S/5C13H30N.7ClH/c5*1-5-8-11-14(4,12-9-6-2)13-10-7-3;;;;;;;/h5*5-13H2,1-4H3;7*1H/q5*+1;;;;;;;/p-5. The quantitative estimate of drug-likeness (QED) is 0.0753. The van der Waals surface area contributed by atoms with E-state index in [9.17, 15) is 0 Å². The van der Waals surface area contributed by atoms with Gasteiger partial charge in [0.1, 0.15) is 0 Å². The van der Waals surface area contributed by atoms with Crippen molar-refractivity contribution < 1.29 is 84.5 Å². The van der Waals surface area contributed by atoms with E-state index in [1.54, 1.807) is 0 Å². The highest BCUT2D eigenvalue weighted by Gasteiger charge is 2.22. The molecule has 0 fully saturated rings. The van der Waals surface area contributed by atoms with Gasteiger partial charge in [0.05, 0.1) is 133 Å². The molecule has 0 aliphatic carbocycles. The number of rotatable bonds is 45. The predicted octanol–water partition coefficient (Wildman–Crippen LogP) is 5.03. The molecule has 0 bridgehead atoms. The van der Waals surface area contributed by atoms with Gasteiger partial charge in [0.2, 0.25) is 0 Å². The van der Waals surface area contributed by atoms with Crippen LogP contribution in [0.4, 0.5) is 0 Å². The Morgan fingerprint density at radius 2 is 0.195 bits per heavy atom. The number of hydrogen-bond donors (Lipinski definition) is 0. The fourth-order valence-electron chi connectivity index (χ4n) is 9.77. The zero-order valence-corrected chi connectivity index (χ0v) is 62.2. The van der Waals surface area contributed by atoms with Crippen molar-refractivity contribution in [3.05, 3.63) is 0 Å². The lowest BCUT2D eigenvalue weighted by atomic mass is 10.2. The van der Waals surface area contributed by atoms with Crippen LogP contribution in [-0.4, -0.2) is 156 Å². The molecule has 0 aliphatic rings. The first-order valence-corrected chi connectivity index (χ1v) is 32.6. The summed E-state index contributed by atoms with van der Waals surface area (Å²) in [6.07, 6.45) is 41.0. The molecule has 0 spiro atoms. The molecule has 0 amide bonds. The summed E-state index contributed by atoms with van der Waals surface area (Å²) in [5, 5.41) is 0. The highest BCUT2D eigenvalue weighted by molar-refractivity contribution is 5.85. The molecule has 0 N–H and O–H groups in total. The molecule has 77 heavy (non-hydrogen) atoms. The second kappa shape index (κ2) is 77.8. The van der Waals surface area contributed by atoms with Crippen molar-refractivity contribution in [3.8, 4) is 0 Å². The minimum Gasteiger partial charge on any atom is -1.00 e. The normalized spacial score (nSPS) is 10.9. The molecule has 0 aromatic carbocycles. The van der Waals surface area contributed by atoms with E-state index in [-0.39, 0.29) is 86.8 Å². The summed E-state index contributed by atoms with van der Waals surface area (Å²) in [6.45, 7) is 55.2. The zero-order chi connectivity index (χ0) is 54.3. The van der Waals surface area contributed by atoms with E-state index in [4.69, 9.17) is 0 Å². The van der Waals surface area contributed by atoms with Gasteiger partial charge in [-0.15, -0.1) is 24.8 Å². The van der Waals surface area contributed by atoms with Gasteiger partial charge in [-0.2, -0.15) is 0 Å². The van der Waals surface area contributed by atoms with Crippen LogP contribution in [-0.2, 0) is 0 Å². The van der Waals surface area contributed by atoms with E-state index >= 15 is 0 Å². The van der Waals surface area contributed by atoms with Gasteiger partial charge in [-0.1, -0.05) is 200 Å². The van der Waals surface area contributed by atoms with Gasteiger partial charge < -0.3 is 84.5 Å². The largest absolute Gasteiger partial charge is 1.00 e. The minimum atomic E-state index is 0. The lowest BCUT2D eigenvalue weighted by molar-refractivity contribution is -0.910. The Morgan fingerprint density at radius 1 is 0.143 bits per heavy atom. The molecule has 0 aliphatic heterocycles. The number of halogens is 7. The van der Waals surface area contributed by atoms with Gasteiger partial charge in [-0.25, -0.2) is 0 Å². The smallest absolute Gasteiger partial charge is 0.0784 e. The number of nitrogens with zero attached hydrogens (tertiary/aromatic N) is 5.